The third kappa shape index (κ3) is 1.61. The van der Waals surface area contributed by atoms with Crippen molar-refractivity contribution in [1.82, 2.24) is 0 Å². The Morgan fingerprint density at radius 2 is 2.11 bits per heavy atom. The molecule has 0 saturated heterocycles. The summed E-state index contributed by atoms with van der Waals surface area (Å²) in [6.07, 6.45) is 3.45. The summed E-state index contributed by atoms with van der Waals surface area (Å²) in [6.45, 7) is 2.65. The SMILES string of the molecule is CC1=CC(=O)N(c2ccc3c(c2)CCCN3)C1=O. The first kappa shape index (κ1) is 11.0. The average molecular weight is 242 g/mol. The van der Waals surface area contributed by atoms with Crippen molar-refractivity contribution >= 4 is 23.2 Å². The molecule has 0 aromatic heterocycles. The molecule has 0 atom stereocenters. The smallest absolute Gasteiger partial charge is 0.261 e. The first-order chi connectivity index (χ1) is 8.66. The van der Waals surface area contributed by atoms with E-state index in [-0.39, 0.29) is 11.8 Å². The van der Waals surface area contributed by atoms with Gasteiger partial charge in [0.1, 0.15) is 0 Å². The molecule has 4 nitrogen and oxygen atoms in total. The van der Waals surface area contributed by atoms with Crippen LogP contribution in [0, 0.1) is 0 Å². The largest absolute Gasteiger partial charge is 0.385 e. The predicted molar refractivity (Wildman–Crippen MR) is 69.5 cm³/mol. The maximum Gasteiger partial charge on any atom is 0.261 e. The Morgan fingerprint density at radius 1 is 1.28 bits per heavy atom. The van der Waals surface area contributed by atoms with Gasteiger partial charge < -0.3 is 5.32 Å². The molecule has 4 heteroatoms. The molecule has 2 heterocycles. The molecule has 92 valence electrons. The van der Waals surface area contributed by atoms with Crippen molar-refractivity contribution in [1.29, 1.82) is 0 Å². The van der Waals surface area contributed by atoms with Gasteiger partial charge >= 0.3 is 0 Å². The number of imide groups is 1. The number of amides is 2. The number of hydrogen-bond acceptors (Lipinski definition) is 3. The summed E-state index contributed by atoms with van der Waals surface area (Å²) < 4.78 is 0. The van der Waals surface area contributed by atoms with Gasteiger partial charge in [-0.15, -0.1) is 0 Å². The second-order valence-corrected chi connectivity index (χ2v) is 4.68. The van der Waals surface area contributed by atoms with Crippen LogP contribution in [0.1, 0.15) is 18.9 Å². The summed E-state index contributed by atoms with van der Waals surface area (Å²) >= 11 is 0. The lowest BCUT2D eigenvalue weighted by Crippen LogP contribution is -2.30. The van der Waals surface area contributed by atoms with Crippen LogP contribution >= 0.6 is 0 Å². The fourth-order valence-corrected chi connectivity index (χ4v) is 2.43. The van der Waals surface area contributed by atoms with Gasteiger partial charge in [-0.25, -0.2) is 4.90 Å². The van der Waals surface area contributed by atoms with Crippen molar-refractivity contribution in [3.05, 3.63) is 35.4 Å². The number of benzene rings is 1. The van der Waals surface area contributed by atoms with Crippen LogP contribution in [0.4, 0.5) is 11.4 Å². The van der Waals surface area contributed by atoms with Crippen molar-refractivity contribution in [2.45, 2.75) is 19.8 Å². The summed E-state index contributed by atoms with van der Waals surface area (Å²) in [5.74, 6) is -0.468. The van der Waals surface area contributed by atoms with Crippen LogP contribution in [-0.2, 0) is 16.0 Å². The van der Waals surface area contributed by atoms with E-state index in [1.54, 1.807) is 6.92 Å². The molecule has 1 aromatic carbocycles. The fourth-order valence-electron chi connectivity index (χ4n) is 2.43. The number of nitrogens with zero attached hydrogens (tertiary/aromatic N) is 1. The molecule has 2 amide bonds. The number of carbonyl (C=O) groups is 2. The monoisotopic (exact) mass is 242 g/mol. The van der Waals surface area contributed by atoms with E-state index >= 15 is 0 Å². The number of fused-ring (bicyclic) bond motifs is 1. The fraction of sp³-hybridized carbons (Fsp3) is 0.286. The zero-order chi connectivity index (χ0) is 12.7. The Morgan fingerprint density at radius 3 is 2.83 bits per heavy atom. The zero-order valence-corrected chi connectivity index (χ0v) is 10.2. The maximum absolute atomic E-state index is 11.9. The van der Waals surface area contributed by atoms with E-state index in [1.807, 2.05) is 18.2 Å². The van der Waals surface area contributed by atoms with Gasteiger partial charge in [0.2, 0.25) is 0 Å². The number of anilines is 2. The van der Waals surface area contributed by atoms with Crippen LogP contribution in [0.25, 0.3) is 0 Å². The van der Waals surface area contributed by atoms with Crippen LogP contribution < -0.4 is 10.2 Å². The van der Waals surface area contributed by atoms with Gasteiger partial charge in [-0.1, -0.05) is 0 Å². The number of nitrogens with one attached hydrogen (secondary N) is 1. The highest BCUT2D eigenvalue weighted by Crippen LogP contribution is 2.29. The first-order valence-electron chi connectivity index (χ1n) is 6.10. The molecule has 0 radical (unpaired) electrons. The number of rotatable bonds is 1. The van der Waals surface area contributed by atoms with E-state index in [1.165, 1.54) is 16.5 Å². The van der Waals surface area contributed by atoms with Gasteiger partial charge in [0.15, 0.2) is 0 Å². The Bertz CT molecular complexity index is 575. The molecule has 1 N–H and O–H groups in total. The van der Waals surface area contributed by atoms with Crippen molar-refractivity contribution in [2.75, 3.05) is 16.8 Å². The molecule has 1 aromatic rings. The van der Waals surface area contributed by atoms with Crippen LogP contribution in [0.5, 0.6) is 0 Å². The van der Waals surface area contributed by atoms with Crippen molar-refractivity contribution in [3.8, 4) is 0 Å². The van der Waals surface area contributed by atoms with Crippen LogP contribution in [-0.4, -0.2) is 18.4 Å². The third-order valence-corrected chi connectivity index (χ3v) is 3.39. The Labute approximate surface area is 105 Å². The molecule has 0 unspecified atom stereocenters. The number of aryl methyl sites for hydroxylation is 1. The molecule has 0 fully saturated rings. The summed E-state index contributed by atoms with van der Waals surface area (Å²) in [7, 11) is 0. The summed E-state index contributed by atoms with van der Waals surface area (Å²) in [5, 5.41) is 3.31. The second kappa shape index (κ2) is 3.98. The average Bonchev–Trinajstić information content (AvgIpc) is 2.63. The molecular weight excluding hydrogens is 228 g/mol. The highest BCUT2D eigenvalue weighted by atomic mass is 16.2. The van der Waals surface area contributed by atoms with Gasteiger partial charge in [-0.05, 0) is 43.5 Å². The van der Waals surface area contributed by atoms with E-state index in [0.29, 0.717) is 11.3 Å². The normalized spacial score (nSPS) is 18.5. The first-order valence-corrected chi connectivity index (χ1v) is 6.10. The van der Waals surface area contributed by atoms with Gasteiger partial charge in [-0.3, -0.25) is 9.59 Å². The van der Waals surface area contributed by atoms with E-state index in [9.17, 15) is 9.59 Å². The lowest BCUT2D eigenvalue weighted by molar-refractivity contribution is -0.120. The standard InChI is InChI=1S/C14H14N2O2/c1-9-7-13(17)16(14(9)18)11-4-5-12-10(8-11)3-2-6-15-12/h4-5,7-8,15H,2-3,6H2,1H3. The van der Waals surface area contributed by atoms with E-state index in [4.69, 9.17) is 0 Å². The lowest BCUT2D eigenvalue weighted by atomic mass is 10.0. The number of carbonyl (C=O) groups excluding carboxylic acids is 2. The Balaban J connectivity index is 1.99. The molecule has 0 spiro atoms. The minimum atomic E-state index is -0.249. The molecule has 2 aliphatic rings. The van der Waals surface area contributed by atoms with Gasteiger partial charge in [0.25, 0.3) is 11.8 Å². The summed E-state index contributed by atoms with van der Waals surface area (Å²) in [5.41, 5.74) is 3.44. The molecule has 0 bridgehead atoms. The number of hydrogen-bond donors (Lipinski definition) is 1. The second-order valence-electron chi connectivity index (χ2n) is 4.68. The molecule has 2 aliphatic heterocycles. The van der Waals surface area contributed by atoms with Gasteiger partial charge in [-0.2, -0.15) is 0 Å². The summed E-state index contributed by atoms with van der Waals surface area (Å²) in [6, 6.07) is 5.70. The Hall–Kier alpha value is -2.10. The Kier molecular flexibility index (Phi) is 2.44. The van der Waals surface area contributed by atoms with Crippen LogP contribution in [0.15, 0.2) is 29.8 Å². The molecule has 0 aliphatic carbocycles. The van der Waals surface area contributed by atoms with Gasteiger partial charge in [0, 0.05) is 23.9 Å². The van der Waals surface area contributed by atoms with Crippen LogP contribution in [0.2, 0.25) is 0 Å². The minimum absolute atomic E-state index is 0.219. The van der Waals surface area contributed by atoms with E-state index < -0.39 is 0 Å². The van der Waals surface area contributed by atoms with Crippen molar-refractivity contribution in [3.63, 3.8) is 0 Å². The molecule has 0 saturated carbocycles. The highest BCUT2D eigenvalue weighted by Gasteiger charge is 2.30. The predicted octanol–water partition coefficient (Wildman–Crippen LogP) is 1.86. The quantitative estimate of drug-likeness (QED) is 0.765. The topological polar surface area (TPSA) is 49.4 Å². The molecule has 3 rings (SSSR count). The van der Waals surface area contributed by atoms with E-state index in [0.717, 1.165) is 25.1 Å². The van der Waals surface area contributed by atoms with Crippen molar-refractivity contribution in [2.24, 2.45) is 0 Å². The van der Waals surface area contributed by atoms with Crippen LogP contribution in [0.3, 0.4) is 0 Å². The van der Waals surface area contributed by atoms with E-state index in [2.05, 4.69) is 5.32 Å². The lowest BCUT2D eigenvalue weighted by Gasteiger charge is -2.21. The maximum atomic E-state index is 11.9. The van der Waals surface area contributed by atoms with Gasteiger partial charge in [0.05, 0.1) is 5.69 Å². The molecule has 18 heavy (non-hydrogen) atoms. The third-order valence-electron chi connectivity index (χ3n) is 3.39. The van der Waals surface area contributed by atoms with Crippen molar-refractivity contribution < 1.29 is 9.59 Å². The zero-order valence-electron chi connectivity index (χ0n) is 10.2. The minimum Gasteiger partial charge on any atom is -0.385 e. The summed E-state index contributed by atoms with van der Waals surface area (Å²) in [4.78, 5) is 24.9. The highest BCUT2D eigenvalue weighted by molar-refractivity contribution is 6.30. The molecular formula is C14H14N2O2.